The van der Waals surface area contributed by atoms with Crippen molar-refractivity contribution in [3.05, 3.63) is 38.2 Å². The first-order valence-corrected chi connectivity index (χ1v) is 12.5. The molecule has 1 aliphatic heterocycles. The molecule has 3 atom stereocenters. The van der Waals surface area contributed by atoms with E-state index in [4.69, 9.17) is 10.2 Å². The molecule has 0 aliphatic carbocycles. The molecule has 8 nitrogen and oxygen atoms in total. The van der Waals surface area contributed by atoms with Crippen LogP contribution in [0.2, 0.25) is 0 Å². The van der Waals surface area contributed by atoms with Gasteiger partial charge in [-0.15, -0.1) is 11.3 Å². The zero-order valence-electron chi connectivity index (χ0n) is 20.4. The summed E-state index contributed by atoms with van der Waals surface area (Å²) in [6.45, 7) is 12.8. The Hall–Kier alpha value is -2.70. The maximum absolute atomic E-state index is 12.8. The van der Waals surface area contributed by atoms with Crippen LogP contribution in [0.15, 0.2) is 17.1 Å². The minimum atomic E-state index is -0.0542. The van der Waals surface area contributed by atoms with Crippen molar-refractivity contribution in [1.29, 1.82) is 5.26 Å². The number of aryl methyl sites for hydroxylation is 3. The lowest BCUT2D eigenvalue weighted by atomic mass is 9.99. The third-order valence-electron chi connectivity index (χ3n) is 7.06. The van der Waals surface area contributed by atoms with E-state index in [9.17, 15) is 4.79 Å². The molecule has 1 fully saturated rings. The van der Waals surface area contributed by atoms with E-state index in [2.05, 4.69) is 55.6 Å². The summed E-state index contributed by atoms with van der Waals surface area (Å²) in [6.07, 6.45) is 3.77. The summed E-state index contributed by atoms with van der Waals surface area (Å²) in [5.41, 5.74) is 3.49. The number of piperazine rings is 1. The predicted octanol–water partition coefficient (Wildman–Crippen LogP) is 3.77. The van der Waals surface area contributed by atoms with Gasteiger partial charge in [0.1, 0.15) is 17.1 Å². The fourth-order valence-corrected chi connectivity index (χ4v) is 5.88. The molecule has 1 aliphatic rings. The van der Waals surface area contributed by atoms with Crippen molar-refractivity contribution in [2.24, 2.45) is 7.05 Å². The van der Waals surface area contributed by atoms with Crippen LogP contribution in [0.1, 0.15) is 55.2 Å². The summed E-state index contributed by atoms with van der Waals surface area (Å²) in [5, 5.41) is 15.0. The standard InChI is InChI=1S/C24H33N7OS/c1-7-18-13-31(19(8-2)12-30(18)16(4)24-26-15(3)17(5)33-24)20-11-22(32)28(6)21-14-29(10-9-25)27-23(20)21/h11,14,16,18-19H,7-8,10,12-13H2,1-6H3/t16-,18-,19+/m1/s1. The minimum Gasteiger partial charge on any atom is -0.364 e. The van der Waals surface area contributed by atoms with Crippen LogP contribution in [0.25, 0.3) is 11.0 Å². The van der Waals surface area contributed by atoms with E-state index in [1.165, 1.54) is 9.88 Å². The molecule has 4 heterocycles. The summed E-state index contributed by atoms with van der Waals surface area (Å²) < 4.78 is 3.24. The highest BCUT2D eigenvalue weighted by molar-refractivity contribution is 7.11. The normalized spacial score (nSPS) is 20.3. The van der Waals surface area contributed by atoms with Crippen LogP contribution in [0.4, 0.5) is 5.69 Å². The van der Waals surface area contributed by atoms with Crippen molar-refractivity contribution in [3.63, 3.8) is 0 Å². The van der Waals surface area contributed by atoms with Gasteiger partial charge >= 0.3 is 0 Å². The van der Waals surface area contributed by atoms with E-state index in [1.54, 1.807) is 39.9 Å². The fourth-order valence-electron chi connectivity index (χ4n) is 4.88. The second-order valence-electron chi connectivity index (χ2n) is 8.99. The Morgan fingerprint density at radius 3 is 2.58 bits per heavy atom. The van der Waals surface area contributed by atoms with Crippen LogP contribution < -0.4 is 10.5 Å². The fraction of sp³-hybridized carbons (Fsp3) is 0.583. The van der Waals surface area contributed by atoms with Crippen LogP contribution in [0.5, 0.6) is 0 Å². The SMILES string of the molecule is CC[C@H]1CN([C@H](C)c2nc(C)c(C)s2)[C@H](CC)CN1c1cc(=O)n(C)c2cn(CC#N)nc12. The Kier molecular flexibility index (Phi) is 6.59. The number of hydrogen-bond acceptors (Lipinski definition) is 7. The molecule has 0 radical (unpaired) electrons. The van der Waals surface area contributed by atoms with Crippen LogP contribution in [-0.4, -0.2) is 49.4 Å². The number of hydrogen-bond donors (Lipinski definition) is 0. The molecule has 33 heavy (non-hydrogen) atoms. The Balaban J connectivity index is 1.73. The van der Waals surface area contributed by atoms with Gasteiger partial charge in [-0.3, -0.25) is 14.4 Å². The third-order valence-corrected chi connectivity index (χ3v) is 8.30. The van der Waals surface area contributed by atoms with Crippen molar-refractivity contribution in [2.75, 3.05) is 18.0 Å². The summed E-state index contributed by atoms with van der Waals surface area (Å²) in [7, 11) is 1.76. The van der Waals surface area contributed by atoms with E-state index < -0.39 is 0 Å². The van der Waals surface area contributed by atoms with E-state index >= 15 is 0 Å². The summed E-state index contributed by atoms with van der Waals surface area (Å²) in [5.74, 6) is 0. The van der Waals surface area contributed by atoms with Gasteiger partial charge in [0.25, 0.3) is 5.56 Å². The molecule has 176 valence electrons. The highest BCUT2D eigenvalue weighted by Gasteiger charge is 2.37. The monoisotopic (exact) mass is 467 g/mol. The van der Waals surface area contributed by atoms with Crippen molar-refractivity contribution in [2.45, 2.75) is 72.1 Å². The second-order valence-corrected chi connectivity index (χ2v) is 10.2. The van der Waals surface area contributed by atoms with Crippen molar-refractivity contribution in [3.8, 4) is 6.07 Å². The van der Waals surface area contributed by atoms with Gasteiger partial charge in [-0.05, 0) is 33.6 Å². The molecule has 4 rings (SSSR count). The number of aromatic nitrogens is 4. The Labute approximate surface area is 199 Å². The average molecular weight is 468 g/mol. The molecule has 0 aromatic carbocycles. The number of rotatable bonds is 6. The van der Waals surface area contributed by atoms with Gasteiger partial charge in [0.2, 0.25) is 0 Å². The number of nitriles is 1. The van der Waals surface area contributed by atoms with Crippen LogP contribution in [-0.2, 0) is 13.6 Å². The van der Waals surface area contributed by atoms with Crippen LogP contribution in [0, 0.1) is 25.2 Å². The van der Waals surface area contributed by atoms with Crippen molar-refractivity contribution in [1.82, 2.24) is 24.2 Å². The Morgan fingerprint density at radius 2 is 1.97 bits per heavy atom. The van der Waals surface area contributed by atoms with E-state index in [0.717, 1.165) is 48.3 Å². The summed E-state index contributed by atoms with van der Waals surface area (Å²) >= 11 is 1.80. The molecule has 3 aromatic rings. The molecule has 9 heteroatoms. The molecular weight excluding hydrogens is 434 g/mol. The molecule has 0 spiro atoms. The number of anilines is 1. The van der Waals surface area contributed by atoms with Crippen LogP contribution >= 0.6 is 11.3 Å². The maximum atomic E-state index is 12.8. The lowest BCUT2D eigenvalue weighted by Gasteiger charge is -2.49. The van der Waals surface area contributed by atoms with Gasteiger partial charge < -0.3 is 9.47 Å². The molecule has 0 saturated carbocycles. The molecule has 1 saturated heterocycles. The molecule has 0 N–H and O–H groups in total. The first-order chi connectivity index (χ1) is 15.8. The molecular formula is C24H33N7OS. The second kappa shape index (κ2) is 9.27. The Bertz CT molecular complexity index is 1230. The molecule has 0 bridgehead atoms. The Morgan fingerprint density at radius 1 is 1.24 bits per heavy atom. The first-order valence-electron chi connectivity index (χ1n) is 11.7. The zero-order valence-corrected chi connectivity index (χ0v) is 21.2. The lowest BCUT2D eigenvalue weighted by Crippen LogP contribution is -2.58. The number of nitrogens with zero attached hydrogens (tertiary/aromatic N) is 7. The smallest absolute Gasteiger partial charge is 0.252 e. The van der Waals surface area contributed by atoms with Gasteiger partial charge in [-0.2, -0.15) is 10.4 Å². The highest BCUT2D eigenvalue weighted by atomic mass is 32.1. The van der Waals surface area contributed by atoms with E-state index in [-0.39, 0.29) is 24.2 Å². The zero-order chi connectivity index (χ0) is 23.9. The lowest BCUT2D eigenvalue weighted by molar-refractivity contribution is 0.101. The average Bonchev–Trinajstić information content (AvgIpc) is 3.38. The van der Waals surface area contributed by atoms with Gasteiger partial charge in [-0.25, -0.2) is 4.98 Å². The topological polar surface area (TPSA) is 83.0 Å². The third kappa shape index (κ3) is 4.18. The molecule has 0 unspecified atom stereocenters. The predicted molar refractivity (Wildman–Crippen MR) is 133 cm³/mol. The van der Waals surface area contributed by atoms with Gasteiger partial charge in [-0.1, -0.05) is 13.8 Å². The van der Waals surface area contributed by atoms with Crippen molar-refractivity contribution >= 4 is 28.1 Å². The van der Waals surface area contributed by atoms with E-state index in [0.29, 0.717) is 6.04 Å². The van der Waals surface area contributed by atoms with Crippen LogP contribution in [0.3, 0.4) is 0 Å². The van der Waals surface area contributed by atoms with Gasteiger partial charge in [0, 0.05) is 43.2 Å². The number of fused-ring (bicyclic) bond motifs is 1. The highest BCUT2D eigenvalue weighted by Crippen LogP contribution is 2.35. The number of pyridine rings is 1. The summed E-state index contributed by atoms with van der Waals surface area (Å²) in [6, 6.07) is 4.71. The largest absolute Gasteiger partial charge is 0.364 e. The molecule has 3 aromatic heterocycles. The summed E-state index contributed by atoms with van der Waals surface area (Å²) in [4.78, 5) is 23.9. The van der Waals surface area contributed by atoms with Gasteiger partial charge in [0.05, 0.1) is 35.2 Å². The van der Waals surface area contributed by atoms with Crippen molar-refractivity contribution < 1.29 is 0 Å². The van der Waals surface area contributed by atoms with Gasteiger partial charge in [0.15, 0.2) is 0 Å². The van der Waals surface area contributed by atoms with E-state index in [1.807, 2.05) is 0 Å². The minimum absolute atomic E-state index is 0.0542. The maximum Gasteiger partial charge on any atom is 0.252 e. The number of thiazole rings is 1. The quantitative estimate of drug-likeness (QED) is 0.549. The first kappa shape index (κ1) is 23.5. The molecule has 0 amide bonds.